The highest BCUT2D eigenvalue weighted by atomic mass is 16.5. The molecule has 23 heavy (non-hydrogen) atoms. The molecule has 0 unspecified atom stereocenters. The number of nitrogens with zero attached hydrogens (tertiary/aromatic N) is 3. The van der Waals surface area contributed by atoms with Gasteiger partial charge >= 0.3 is 0 Å². The largest absolute Gasteiger partial charge is 0.457 e. The first kappa shape index (κ1) is 16.5. The van der Waals surface area contributed by atoms with Gasteiger partial charge in [-0.1, -0.05) is 6.07 Å². The zero-order valence-electron chi connectivity index (χ0n) is 13.5. The molecule has 0 spiro atoms. The first-order valence-corrected chi connectivity index (χ1v) is 7.35. The lowest BCUT2D eigenvalue weighted by Crippen LogP contribution is -2.34. The number of amides is 1. The molecule has 0 saturated carbocycles. The van der Waals surface area contributed by atoms with Crippen molar-refractivity contribution >= 4 is 5.91 Å². The number of pyridine rings is 1. The van der Waals surface area contributed by atoms with Gasteiger partial charge in [0.1, 0.15) is 11.5 Å². The highest BCUT2D eigenvalue weighted by molar-refractivity contribution is 5.94. The van der Waals surface area contributed by atoms with Crippen LogP contribution in [0.15, 0.2) is 42.7 Å². The van der Waals surface area contributed by atoms with Crippen molar-refractivity contribution in [3.05, 3.63) is 53.9 Å². The summed E-state index contributed by atoms with van der Waals surface area (Å²) < 4.78 is 5.82. The van der Waals surface area contributed by atoms with Crippen molar-refractivity contribution in [1.82, 2.24) is 9.88 Å². The van der Waals surface area contributed by atoms with Crippen LogP contribution in [0.5, 0.6) is 11.5 Å². The van der Waals surface area contributed by atoms with Crippen molar-refractivity contribution in [3.63, 3.8) is 0 Å². The third kappa shape index (κ3) is 4.07. The number of aromatic nitrogens is 1. The van der Waals surface area contributed by atoms with E-state index < -0.39 is 0 Å². The van der Waals surface area contributed by atoms with Gasteiger partial charge in [0.15, 0.2) is 0 Å². The molecule has 1 heterocycles. The second kappa shape index (κ2) is 7.41. The lowest BCUT2D eigenvalue weighted by atomic mass is 10.1. The van der Waals surface area contributed by atoms with E-state index in [0.717, 1.165) is 5.56 Å². The number of ether oxygens (including phenoxy) is 1. The van der Waals surface area contributed by atoms with Crippen LogP contribution >= 0.6 is 0 Å². The average Bonchev–Trinajstić information content (AvgIpc) is 2.56. The van der Waals surface area contributed by atoms with E-state index in [-0.39, 0.29) is 11.9 Å². The van der Waals surface area contributed by atoms with Gasteiger partial charge in [-0.05, 0) is 43.7 Å². The Labute approximate surface area is 136 Å². The summed E-state index contributed by atoms with van der Waals surface area (Å²) in [6.07, 6.45) is 3.60. The molecule has 0 radical (unpaired) electrons. The summed E-state index contributed by atoms with van der Waals surface area (Å²) in [7, 11) is 1.70. The number of benzene rings is 1. The molecule has 0 saturated heterocycles. The molecule has 5 nitrogen and oxygen atoms in total. The first-order chi connectivity index (χ1) is 11.0. The van der Waals surface area contributed by atoms with Crippen molar-refractivity contribution in [2.45, 2.75) is 26.3 Å². The number of aryl methyl sites for hydroxylation is 1. The van der Waals surface area contributed by atoms with E-state index >= 15 is 0 Å². The van der Waals surface area contributed by atoms with Crippen LogP contribution in [-0.2, 0) is 0 Å². The van der Waals surface area contributed by atoms with E-state index in [1.807, 2.05) is 19.9 Å². The van der Waals surface area contributed by atoms with Gasteiger partial charge in [-0.3, -0.25) is 9.78 Å². The van der Waals surface area contributed by atoms with E-state index in [2.05, 4.69) is 11.1 Å². The minimum atomic E-state index is -0.140. The molecule has 2 aromatic rings. The molecular formula is C18H19N3O2. The van der Waals surface area contributed by atoms with Crippen molar-refractivity contribution in [2.24, 2.45) is 0 Å². The Kier molecular flexibility index (Phi) is 5.32. The number of hydrogen-bond acceptors (Lipinski definition) is 4. The molecule has 0 N–H and O–H groups in total. The average molecular weight is 309 g/mol. The molecule has 1 atom stereocenters. The molecule has 1 amide bonds. The van der Waals surface area contributed by atoms with Crippen LogP contribution in [0.25, 0.3) is 0 Å². The van der Waals surface area contributed by atoms with Crippen molar-refractivity contribution < 1.29 is 9.53 Å². The molecule has 0 aliphatic heterocycles. The van der Waals surface area contributed by atoms with Gasteiger partial charge in [-0.25, -0.2) is 0 Å². The number of carbonyl (C=O) groups excluding carboxylic acids is 1. The van der Waals surface area contributed by atoms with Gasteiger partial charge in [0.25, 0.3) is 5.91 Å². The zero-order valence-corrected chi connectivity index (χ0v) is 13.5. The lowest BCUT2D eigenvalue weighted by Gasteiger charge is -2.23. The van der Waals surface area contributed by atoms with Crippen LogP contribution in [0.1, 0.15) is 29.3 Å². The predicted octanol–water partition coefficient (Wildman–Crippen LogP) is 3.56. The molecule has 1 aromatic carbocycles. The molecule has 2 rings (SSSR count). The maximum absolute atomic E-state index is 12.5. The fourth-order valence-electron chi connectivity index (χ4n) is 2.05. The van der Waals surface area contributed by atoms with E-state index in [1.165, 1.54) is 0 Å². The molecule has 0 bridgehead atoms. The highest BCUT2D eigenvalue weighted by Crippen LogP contribution is 2.26. The molecule has 0 fully saturated rings. The first-order valence-electron chi connectivity index (χ1n) is 7.35. The van der Waals surface area contributed by atoms with Crippen molar-refractivity contribution in [2.75, 3.05) is 7.05 Å². The SMILES string of the molecule is Cc1ccc(C(=O)N(C)[C@@H](C)CC#N)cc1Oc1ccncc1. The minimum absolute atomic E-state index is 0.132. The Morgan fingerprint density at radius 2 is 2.04 bits per heavy atom. The van der Waals surface area contributed by atoms with Gasteiger partial charge in [-0.2, -0.15) is 5.26 Å². The summed E-state index contributed by atoms with van der Waals surface area (Å²) in [5.41, 5.74) is 1.47. The second-order valence-corrected chi connectivity index (χ2v) is 5.39. The Bertz CT molecular complexity index is 723. The van der Waals surface area contributed by atoms with Gasteiger partial charge in [-0.15, -0.1) is 0 Å². The lowest BCUT2D eigenvalue weighted by molar-refractivity contribution is 0.0746. The van der Waals surface area contributed by atoms with E-state index in [1.54, 1.807) is 48.6 Å². The van der Waals surface area contributed by atoms with Gasteiger partial charge in [0, 0.05) is 31.0 Å². The Morgan fingerprint density at radius 3 is 2.70 bits per heavy atom. The Balaban J connectivity index is 2.23. The summed E-state index contributed by atoms with van der Waals surface area (Å²) in [5.74, 6) is 1.16. The maximum atomic E-state index is 12.5. The van der Waals surface area contributed by atoms with Crippen LogP contribution in [0.2, 0.25) is 0 Å². The predicted molar refractivity (Wildman–Crippen MR) is 87.3 cm³/mol. The van der Waals surface area contributed by atoms with Crippen LogP contribution in [0.3, 0.4) is 0 Å². The van der Waals surface area contributed by atoms with Crippen LogP contribution in [-0.4, -0.2) is 28.9 Å². The highest BCUT2D eigenvalue weighted by Gasteiger charge is 2.18. The van der Waals surface area contributed by atoms with Crippen molar-refractivity contribution in [3.8, 4) is 17.6 Å². The third-order valence-electron chi connectivity index (χ3n) is 3.68. The molecule has 0 aliphatic rings. The maximum Gasteiger partial charge on any atom is 0.254 e. The van der Waals surface area contributed by atoms with E-state index in [4.69, 9.17) is 10.00 Å². The van der Waals surface area contributed by atoms with Crippen LogP contribution in [0.4, 0.5) is 0 Å². The van der Waals surface area contributed by atoms with Gasteiger partial charge in [0.05, 0.1) is 12.5 Å². The summed E-state index contributed by atoms with van der Waals surface area (Å²) in [5, 5.41) is 8.77. The summed E-state index contributed by atoms with van der Waals surface area (Å²) in [6, 6.07) is 10.8. The van der Waals surface area contributed by atoms with Gasteiger partial charge < -0.3 is 9.64 Å². The fourth-order valence-corrected chi connectivity index (χ4v) is 2.05. The van der Waals surface area contributed by atoms with Crippen molar-refractivity contribution in [1.29, 1.82) is 5.26 Å². The van der Waals surface area contributed by atoms with Crippen LogP contribution in [0, 0.1) is 18.3 Å². The Morgan fingerprint density at radius 1 is 1.35 bits per heavy atom. The number of nitriles is 1. The molecule has 1 aromatic heterocycles. The minimum Gasteiger partial charge on any atom is -0.457 e. The number of hydrogen-bond donors (Lipinski definition) is 0. The number of carbonyl (C=O) groups is 1. The number of rotatable bonds is 5. The van der Waals surface area contributed by atoms with E-state index in [0.29, 0.717) is 23.5 Å². The molecule has 118 valence electrons. The summed E-state index contributed by atoms with van der Waals surface area (Å²) >= 11 is 0. The third-order valence-corrected chi connectivity index (χ3v) is 3.68. The second-order valence-electron chi connectivity index (χ2n) is 5.39. The smallest absolute Gasteiger partial charge is 0.254 e. The topological polar surface area (TPSA) is 66.2 Å². The van der Waals surface area contributed by atoms with Crippen LogP contribution < -0.4 is 4.74 Å². The normalized spacial score (nSPS) is 11.4. The molecule has 5 heteroatoms. The molecular weight excluding hydrogens is 290 g/mol. The summed E-state index contributed by atoms with van der Waals surface area (Å²) in [6.45, 7) is 3.77. The summed E-state index contributed by atoms with van der Waals surface area (Å²) in [4.78, 5) is 18.0. The standard InChI is InChI=1S/C18H19N3O2/c1-13-4-5-15(18(22)21(3)14(2)6-9-19)12-17(13)23-16-7-10-20-11-8-16/h4-5,7-8,10-12,14H,6H2,1-3H3/t14-/m0/s1. The molecule has 0 aliphatic carbocycles. The monoisotopic (exact) mass is 309 g/mol. The van der Waals surface area contributed by atoms with E-state index in [9.17, 15) is 4.79 Å². The Hall–Kier alpha value is -2.87. The zero-order chi connectivity index (χ0) is 16.8. The fraction of sp³-hybridized carbons (Fsp3) is 0.278. The quantitative estimate of drug-likeness (QED) is 0.847. The van der Waals surface area contributed by atoms with Gasteiger partial charge in [0.2, 0.25) is 0 Å².